The van der Waals surface area contributed by atoms with E-state index in [9.17, 15) is 14.3 Å². The zero-order chi connectivity index (χ0) is 17.3. The van der Waals surface area contributed by atoms with Gasteiger partial charge in [-0.3, -0.25) is 4.79 Å². The van der Waals surface area contributed by atoms with E-state index in [-0.39, 0.29) is 24.0 Å². The van der Waals surface area contributed by atoms with Crippen LogP contribution in [0.1, 0.15) is 39.8 Å². The Morgan fingerprint density at radius 2 is 2.21 bits per heavy atom. The van der Waals surface area contributed by atoms with E-state index in [2.05, 4.69) is 4.98 Å². The lowest BCUT2D eigenvalue weighted by Crippen LogP contribution is -2.32. The molecule has 1 N–H and O–H groups in total. The summed E-state index contributed by atoms with van der Waals surface area (Å²) in [5.74, 6) is -0.720. The summed E-state index contributed by atoms with van der Waals surface area (Å²) in [6.45, 7) is 1.83. The normalized spacial score (nSPS) is 20.0. The van der Waals surface area contributed by atoms with Gasteiger partial charge in [0, 0.05) is 6.54 Å². The molecular weight excluding hydrogens is 309 g/mol. The van der Waals surface area contributed by atoms with Gasteiger partial charge in [-0.15, -0.1) is 0 Å². The van der Waals surface area contributed by atoms with Crippen molar-refractivity contribution in [3.05, 3.63) is 64.7 Å². The molecule has 0 aliphatic carbocycles. The van der Waals surface area contributed by atoms with E-state index in [1.165, 1.54) is 23.1 Å². The number of likely N-dealkylation sites (tertiary alicyclic amines) is 1. The number of nitrogens with zero attached hydrogens (tertiary/aromatic N) is 3. The van der Waals surface area contributed by atoms with E-state index in [0.717, 1.165) is 0 Å². The van der Waals surface area contributed by atoms with Crippen LogP contribution in [0, 0.1) is 24.1 Å². The highest BCUT2D eigenvalue weighted by atomic mass is 19.1. The summed E-state index contributed by atoms with van der Waals surface area (Å²) in [4.78, 5) is 18.5. The Balaban J connectivity index is 1.93. The average Bonchev–Trinajstić information content (AvgIpc) is 2.96. The summed E-state index contributed by atoms with van der Waals surface area (Å²) < 4.78 is 13.5. The van der Waals surface area contributed by atoms with Crippen LogP contribution in [0.3, 0.4) is 0 Å². The highest BCUT2D eigenvalue weighted by molar-refractivity contribution is 5.93. The molecule has 2 heterocycles. The van der Waals surface area contributed by atoms with E-state index in [4.69, 9.17) is 5.26 Å². The largest absolute Gasteiger partial charge is 0.391 e. The van der Waals surface area contributed by atoms with E-state index < -0.39 is 12.1 Å². The minimum atomic E-state index is -0.665. The lowest BCUT2D eigenvalue weighted by atomic mass is 10.0. The molecule has 1 saturated heterocycles. The Morgan fingerprint density at radius 1 is 1.42 bits per heavy atom. The highest BCUT2D eigenvalue weighted by Crippen LogP contribution is 2.33. The van der Waals surface area contributed by atoms with Crippen molar-refractivity contribution in [3.8, 4) is 6.07 Å². The molecule has 1 aromatic heterocycles. The molecule has 0 spiro atoms. The van der Waals surface area contributed by atoms with Crippen LogP contribution >= 0.6 is 0 Å². The number of carbonyl (C=O) groups is 1. The van der Waals surface area contributed by atoms with Crippen molar-refractivity contribution in [2.24, 2.45) is 0 Å². The predicted octanol–water partition coefficient (Wildman–Crippen LogP) is 2.35. The monoisotopic (exact) mass is 325 g/mol. The van der Waals surface area contributed by atoms with Gasteiger partial charge in [0.25, 0.3) is 5.91 Å². The van der Waals surface area contributed by atoms with Crippen LogP contribution in [0.2, 0.25) is 0 Å². The number of halogens is 1. The number of aryl methyl sites for hydroxylation is 1. The van der Waals surface area contributed by atoms with E-state index in [1.807, 2.05) is 6.07 Å². The lowest BCUT2D eigenvalue weighted by molar-refractivity contribution is 0.0709. The number of hydrogen-bond donors (Lipinski definition) is 1. The fourth-order valence-electron chi connectivity index (χ4n) is 3.01. The summed E-state index contributed by atoms with van der Waals surface area (Å²) in [6.07, 6.45) is -0.313. The van der Waals surface area contributed by atoms with Gasteiger partial charge < -0.3 is 10.0 Å². The number of amides is 1. The SMILES string of the molecule is Cc1nc(C(=O)N2CC(O)CC2c2cccc(F)c2)ccc1C#N. The molecular formula is C18H16FN3O2. The second-order valence-electron chi connectivity index (χ2n) is 5.86. The smallest absolute Gasteiger partial charge is 0.273 e. The molecule has 122 valence electrons. The fourth-order valence-corrected chi connectivity index (χ4v) is 3.01. The summed E-state index contributed by atoms with van der Waals surface area (Å²) in [7, 11) is 0. The summed E-state index contributed by atoms with van der Waals surface area (Å²) >= 11 is 0. The third-order valence-electron chi connectivity index (χ3n) is 4.20. The molecule has 1 amide bonds. The zero-order valence-electron chi connectivity index (χ0n) is 13.1. The second kappa shape index (κ2) is 6.38. The first-order chi connectivity index (χ1) is 11.5. The maximum absolute atomic E-state index is 13.5. The van der Waals surface area contributed by atoms with Crippen molar-refractivity contribution in [2.75, 3.05) is 6.54 Å². The Morgan fingerprint density at radius 3 is 2.88 bits per heavy atom. The number of nitriles is 1. The third-order valence-corrected chi connectivity index (χ3v) is 4.20. The molecule has 3 rings (SSSR count). The van der Waals surface area contributed by atoms with Crippen LogP contribution in [-0.4, -0.2) is 33.5 Å². The Kier molecular flexibility index (Phi) is 4.28. The molecule has 6 heteroatoms. The number of pyridine rings is 1. The molecule has 1 aliphatic heterocycles. The Labute approximate surface area is 139 Å². The number of carbonyl (C=O) groups excluding carboxylic acids is 1. The first kappa shape index (κ1) is 16.1. The zero-order valence-corrected chi connectivity index (χ0v) is 13.1. The quantitative estimate of drug-likeness (QED) is 0.919. The van der Waals surface area contributed by atoms with Gasteiger partial charge in [0.15, 0.2) is 0 Å². The minimum Gasteiger partial charge on any atom is -0.391 e. The number of benzene rings is 1. The van der Waals surface area contributed by atoms with Gasteiger partial charge in [-0.05, 0) is 43.2 Å². The van der Waals surface area contributed by atoms with Crippen molar-refractivity contribution in [2.45, 2.75) is 25.5 Å². The molecule has 0 bridgehead atoms. The van der Waals surface area contributed by atoms with Gasteiger partial charge in [0.05, 0.1) is 23.4 Å². The maximum atomic E-state index is 13.5. The molecule has 1 aliphatic rings. The molecule has 1 fully saturated rings. The van der Waals surface area contributed by atoms with Gasteiger partial charge in [-0.25, -0.2) is 9.37 Å². The number of β-amino-alcohol motifs (C(OH)–C–C–N with tert-alkyl or cyclic N) is 1. The van der Waals surface area contributed by atoms with Crippen molar-refractivity contribution in [1.29, 1.82) is 5.26 Å². The van der Waals surface area contributed by atoms with Crippen LogP contribution in [0.15, 0.2) is 36.4 Å². The average molecular weight is 325 g/mol. The predicted molar refractivity (Wildman–Crippen MR) is 84.5 cm³/mol. The second-order valence-corrected chi connectivity index (χ2v) is 5.86. The summed E-state index contributed by atoms with van der Waals surface area (Å²) in [5.41, 5.74) is 1.74. The standard InChI is InChI=1S/C18H16FN3O2/c1-11-13(9-20)5-6-16(21-11)18(24)22-10-15(23)8-17(22)12-3-2-4-14(19)7-12/h2-7,15,17,23H,8,10H2,1H3. The van der Waals surface area contributed by atoms with Gasteiger partial charge >= 0.3 is 0 Å². The van der Waals surface area contributed by atoms with E-state index in [0.29, 0.717) is 23.2 Å². The molecule has 0 saturated carbocycles. The van der Waals surface area contributed by atoms with Crippen molar-refractivity contribution >= 4 is 5.91 Å². The Bertz CT molecular complexity index is 831. The minimum absolute atomic E-state index is 0.167. The molecule has 24 heavy (non-hydrogen) atoms. The maximum Gasteiger partial charge on any atom is 0.273 e. The van der Waals surface area contributed by atoms with Crippen molar-refractivity contribution in [3.63, 3.8) is 0 Å². The summed E-state index contributed by atoms with van der Waals surface area (Å²) in [5, 5.41) is 18.9. The molecule has 2 unspecified atom stereocenters. The van der Waals surface area contributed by atoms with Gasteiger partial charge in [0.1, 0.15) is 17.6 Å². The van der Waals surface area contributed by atoms with Crippen molar-refractivity contribution < 1.29 is 14.3 Å². The number of rotatable bonds is 2. The number of aromatic nitrogens is 1. The molecule has 2 atom stereocenters. The number of hydrogen-bond acceptors (Lipinski definition) is 4. The summed E-state index contributed by atoms with van der Waals surface area (Å²) in [6, 6.07) is 10.7. The van der Waals surface area contributed by atoms with Crippen LogP contribution in [-0.2, 0) is 0 Å². The molecule has 2 aromatic rings. The van der Waals surface area contributed by atoms with Crippen LogP contribution < -0.4 is 0 Å². The Hall–Kier alpha value is -2.78. The van der Waals surface area contributed by atoms with Crippen molar-refractivity contribution in [1.82, 2.24) is 9.88 Å². The first-order valence-electron chi connectivity index (χ1n) is 7.62. The molecule has 1 aromatic carbocycles. The van der Waals surface area contributed by atoms with Gasteiger partial charge in [-0.2, -0.15) is 5.26 Å². The topological polar surface area (TPSA) is 77.2 Å². The first-order valence-corrected chi connectivity index (χ1v) is 7.62. The molecule has 5 nitrogen and oxygen atoms in total. The number of aliphatic hydroxyl groups is 1. The number of aliphatic hydroxyl groups excluding tert-OH is 1. The van der Waals surface area contributed by atoms with Gasteiger partial charge in [0.2, 0.25) is 0 Å². The van der Waals surface area contributed by atoms with Crippen LogP contribution in [0.4, 0.5) is 4.39 Å². The lowest BCUT2D eigenvalue weighted by Gasteiger charge is -2.24. The van der Waals surface area contributed by atoms with Crippen LogP contribution in [0.5, 0.6) is 0 Å². The molecule has 0 radical (unpaired) electrons. The third kappa shape index (κ3) is 2.99. The van der Waals surface area contributed by atoms with Gasteiger partial charge in [-0.1, -0.05) is 12.1 Å². The fraction of sp³-hybridized carbons (Fsp3) is 0.278. The van der Waals surface area contributed by atoms with Crippen LogP contribution in [0.25, 0.3) is 0 Å². The highest BCUT2D eigenvalue weighted by Gasteiger charge is 2.36. The van der Waals surface area contributed by atoms with E-state index in [1.54, 1.807) is 25.1 Å². The van der Waals surface area contributed by atoms with E-state index >= 15 is 0 Å².